The van der Waals surface area contributed by atoms with Gasteiger partial charge >= 0.3 is 0 Å². The van der Waals surface area contributed by atoms with Gasteiger partial charge in [0.15, 0.2) is 0 Å². The van der Waals surface area contributed by atoms with E-state index < -0.39 is 0 Å². The molecule has 150 heavy (non-hydrogen) atoms. The van der Waals surface area contributed by atoms with E-state index in [-0.39, 0.29) is 97.0 Å². The lowest BCUT2D eigenvalue weighted by Gasteiger charge is -2.22. The normalized spacial score (nSPS) is 12.1. The molecule has 0 aromatic carbocycles. The number of ether oxygens (including phenoxy) is 1. The minimum atomic E-state index is -0.0613. The van der Waals surface area contributed by atoms with Crippen molar-refractivity contribution in [1.82, 2.24) is 87.0 Å². The van der Waals surface area contributed by atoms with E-state index in [0.717, 1.165) is 135 Å². The fourth-order valence-electron chi connectivity index (χ4n) is 12.0. The van der Waals surface area contributed by atoms with Gasteiger partial charge in [-0.25, -0.2) is 0 Å². The van der Waals surface area contributed by atoms with Crippen molar-refractivity contribution in [2.24, 2.45) is 63.8 Å². The van der Waals surface area contributed by atoms with Gasteiger partial charge in [0.25, 0.3) is 0 Å². The Bertz CT molecular complexity index is 3110. The van der Waals surface area contributed by atoms with Crippen LogP contribution in [0.3, 0.4) is 0 Å². The molecule has 8 N–H and O–H groups in total. The van der Waals surface area contributed by atoms with Crippen LogP contribution in [0.5, 0.6) is 0 Å². The first kappa shape index (κ1) is 161. The van der Waals surface area contributed by atoms with Gasteiger partial charge in [-0.2, -0.15) is 0 Å². The summed E-state index contributed by atoms with van der Waals surface area (Å²) in [5.41, 5.74) is 5.21. The van der Waals surface area contributed by atoms with Crippen LogP contribution in [0.25, 0.3) is 0 Å². The second kappa shape index (κ2) is 115. The molecule has 0 saturated heterocycles. The van der Waals surface area contributed by atoms with Crippen LogP contribution in [-0.4, -0.2) is 347 Å². The van der Waals surface area contributed by atoms with Gasteiger partial charge in [-0.1, -0.05) is 163 Å². The maximum atomic E-state index is 11.1. The Kier molecular flexibility index (Phi) is 123. The second-order valence-electron chi connectivity index (χ2n) is 36.5. The molecule has 0 fully saturated rings. The quantitative estimate of drug-likeness (QED) is 0.0129. The number of hydrazine groups is 11. The molecular weight excluding hydrogens is 1970 g/mol. The topological polar surface area (TPSA) is 819 Å². The first-order valence-corrected chi connectivity index (χ1v) is 52.6. The van der Waals surface area contributed by atoms with Crippen molar-refractivity contribution in [1.29, 1.82) is 0 Å². The van der Waals surface area contributed by atoms with Crippen LogP contribution in [0.4, 0.5) is 0 Å². The Labute approximate surface area is 895 Å². The second-order valence-corrected chi connectivity index (χ2v) is 36.5. The summed E-state index contributed by atoms with van der Waals surface area (Å²) in [5, 5.41) is 290. The molecule has 63 heteroatoms. The molecule has 0 atom stereocenters. The van der Waals surface area contributed by atoms with Gasteiger partial charge in [0.2, 0.25) is 0 Å². The molecule has 0 aromatic heterocycles. The van der Waals surface area contributed by atoms with Crippen LogP contribution in [0.1, 0.15) is 337 Å². The zero-order valence-electron chi connectivity index (χ0n) is 97.2. The molecule has 0 aliphatic rings. The van der Waals surface area contributed by atoms with E-state index in [4.69, 9.17) is 10.5 Å². The zero-order valence-corrected chi connectivity index (χ0v) is 97.2. The van der Waals surface area contributed by atoms with Crippen molar-refractivity contribution < 1.29 is 59.4 Å². The SMILES string of the molecule is CC(C)N(CCN)/[N+]([O-])=N/[O-].CCCCCCN(C(C)C)/[N+]([O-])=N/[O-].CCCCCCN(C(C)C)/[N+]([O-])=N/[O-].CCCCNCCCN(C(C)C)/[N+]([O-])=N/[O-].CCCN(C(C)C)/[N+]([O-])=N/[O-].CCCN(CCCNC(C)C)/[N+]([O-])=N/[O-].CCCN(CCNC(C)C)/[N+]([O-])=N/[O-].CCCN(CCNC(C)C)/[N+]([O-])=N/[O-].CCCN(CCNC(C)C)/[N+]([O-])=N/[O-].CCCNCCCN(C(C)C)/[N+]([O-])=N/[O-].COCCN(C(C)C)/[N+]([O-])=N/[O-]. The Morgan fingerprint density at radius 1 is 0.207 bits per heavy atom. The van der Waals surface area contributed by atoms with Gasteiger partial charge in [0, 0.05) is 112 Å². The number of hydrogen-bond donors (Lipinski definition) is 7. The van der Waals surface area contributed by atoms with Crippen molar-refractivity contribution in [2.75, 3.05) is 171 Å². The first-order valence-electron chi connectivity index (χ1n) is 52.6. The summed E-state index contributed by atoms with van der Waals surface area (Å²) in [7, 11) is 1.53. The number of nitrogens with zero attached hydrogens (tertiary/aromatic N) is 33. The third kappa shape index (κ3) is 102. The average molecular weight is 2180 g/mol. The van der Waals surface area contributed by atoms with Gasteiger partial charge in [-0.3, -0.25) is 0 Å². The third-order valence-electron chi connectivity index (χ3n) is 19.7. The predicted molar refractivity (Wildman–Crippen MR) is 581 cm³/mol. The Balaban J connectivity index is -0.000000158. The smallest absolute Gasteiger partial charge is 0.100 e. The highest BCUT2D eigenvalue weighted by Crippen LogP contribution is 2.11. The van der Waals surface area contributed by atoms with Crippen molar-refractivity contribution in [3.8, 4) is 0 Å². The molecule has 900 valence electrons. The number of unbranched alkanes of at least 4 members (excludes halogenated alkanes) is 7. The summed E-state index contributed by atoms with van der Waals surface area (Å²) in [5.74, 6) is 0. The minimum absolute atomic E-state index is 0.00799. The summed E-state index contributed by atoms with van der Waals surface area (Å²) in [6.45, 7) is 75.4. The lowest BCUT2D eigenvalue weighted by molar-refractivity contribution is -0.697. The zero-order chi connectivity index (χ0) is 118. The average Bonchev–Trinajstić information content (AvgIpc) is 0.984. The maximum Gasteiger partial charge on any atom is 0.100 e. The van der Waals surface area contributed by atoms with Crippen LogP contribution < -0.4 is 37.6 Å². The highest BCUT2D eigenvalue weighted by molar-refractivity contribution is 4.64. The van der Waals surface area contributed by atoms with E-state index in [1.54, 1.807) is 27.7 Å². The number of rotatable bonds is 73. The lowest BCUT2D eigenvalue weighted by atomic mass is 10.2. The molecule has 0 aliphatic carbocycles. The van der Waals surface area contributed by atoms with Gasteiger partial charge in [-0.15, -0.1) is 55.1 Å². The molecule has 0 bridgehead atoms. The van der Waals surface area contributed by atoms with Crippen molar-refractivity contribution in [3.63, 3.8) is 0 Å². The molecule has 0 unspecified atom stereocenters. The fraction of sp³-hybridized carbons (Fsp3) is 1.00. The number of nitrogens with two attached hydrogens (primary N) is 1. The lowest BCUT2D eigenvalue weighted by Crippen LogP contribution is -2.40. The number of methoxy groups -OCH3 is 1. The molecule has 0 heterocycles. The van der Waals surface area contributed by atoms with Crippen LogP contribution in [0, 0.1) is 115 Å². The molecule has 63 nitrogen and oxygen atoms in total. The molecular formula is C87H203N40O23-11. The minimum Gasteiger partial charge on any atom is -0.737 e. The summed E-state index contributed by atoms with van der Waals surface area (Å²) < 4.78 is 4.77. The molecule has 0 radical (unpaired) electrons. The summed E-state index contributed by atoms with van der Waals surface area (Å²) in [4.78, 5) is 1.23. The first-order chi connectivity index (χ1) is 70.9. The monoisotopic (exact) mass is 2180 g/mol. The van der Waals surface area contributed by atoms with Gasteiger partial charge < -0.3 is 157 Å². The Hall–Kier alpha value is -11.3. The summed E-state index contributed by atoms with van der Waals surface area (Å²) in [6, 6.07) is 1.50. The predicted octanol–water partition coefficient (Wildman–Crippen LogP) is 15.5. The van der Waals surface area contributed by atoms with E-state index in [0.29, 0.717) is 155 Å². The maximum absolute atomic E-state index is 11.1. The fourth-order valence-corrected chi connectivity index (χ4v) is 12.0. The molecule has 0 aromatic rings. The van der Waals surface area contributed by atoms with E-state index in [2.05, 4.69) is 131 Å². The number of nitrogens with one attached hydrogen (secondary N) is 6. The molecule has 0 saturated carbocycles. The van der Waals surface area contributed by atoms with E-state index >= 15 is 0 Å². The van der Waals surface area contributed by atoms with Crippen molar-refractivity contribution in [2.45, 2.75) is 403 Å². The largest absolute Gasteiger partial charge is 0.737 e. The van der Waals surface area contributed by atoms with Crippen LogP contribution >= 0.6 is 0 Å². The Morgan fingerprint density at radius 2 is 0.413 bits per heavy atom. The van der Waals surface area contributed by atoms with Crippen LogP contribution in [0.15, 0.2) is 58.1 Å². The third-order valence-corrected chi connectivity index (χ3v) is 19.7. The molecule has 0 spiro atoms. The number of hydrogen-bond acceptors (Lipinski definition) is 41. The van der Waals surface area contributed by atoms with Crippen LogP contribution in [-0.2, 0) is 4.74 Å². The molecule has 0 aliphatic heterocycles. The Morgan fingerprint density at radius 3 is 0.627 bits per heavy atom. The molecule has 0 rings (SSSR count). The highest BCUT2D eigenvalue weighted by atomic mass is 16.7. The van der Waals surface area contributed by atoms with Crippen LogP contribution in [0.2, 0.25) is 0 Å². The van der Waals surface area contributed by atoms with E-state index in [1.807, 2.05) is 145 Å². The summed E-state index contributed by atoms with van der Waals surface area (Å²) in [6.07, 6.45) is 18.7. The highest BCUT2D eigenvalue weighted by Gasteiger charge is 2.22. The van der Waals surface area contributed by atoms with Crippen molar-refractivity contribution >= 4 is 0 Å². The van der Waals surface area contributed by atoms with Crippen molar-refractivity contribution in [3.05, 3.63) is 115 Å². The van der Waals surface area contributed by atoms with Gasteiger partial charge in [-0.05, 0) is 265 Å². The van der Waals surface area contributed by atoms with E-state index in [9.17, 15) is 115 Å². The summed E-state index contributed by atoms with van der Waals surface area (Å²) >= 11 is 0. The van der Waals surface area contributed by atoms with E-state index in [1.165, 1.54) is 81.5 Å². The molecule has 0 amide bonds. The van der Waals surface area contributed by atoms with Gasteiger partial charge in [0.1, 0.15) is 6.54 Å². The standard InChI is InChI=1S/C10H24N4O2.2C9H22N4O2.2C9H21N3O2.3C8H20N4O2.C6H15N3O3.C6H15N3O2.C5H14N4O2/c1-4-5-7-11-8-6-9-13(10(2)3)14(16)12-15;1-4-7-12(13(15)11-14)8-5-6-10-9(2)3;1-4-6-10-7-5-8-12(9(2)3)13(15)11-14;2*1-4-5-6-7-8-11(9(2)3)12(14)10-13;3*1-4-6-11(12(14)10-13)7-5-9-8(2)3;1-6(2)8(4-5-12-3)9(11)7-10;1-4-5-8(6(2)3)9(11)7-10;1-5(2)8(4-3-6)9(11)7-10/h10-11,15H,4-9H2,1-3H3;2*9-10,14H,4-8H2,1-3H3;2*9,13H,4-8H2,1-3H3;3*8-9,13H,4-7H2,1-3H3;6,10H,4-5H2,1-3H3;6,10H,4-5H2,1-3H3;5,10H,3-4,6H2,1-2H3/p-11/b14-12-;2*13-11-;5*12-10-;3*9-7-. The van der Waals surface area contributed by atoms with Gasteiger partial charge in [0.05, 0.1) is 141 Å².